The van der Waals surface area contributed by atoms with Crippen molar-refractivity contribution in [3.8, 4) is 6.07 Å². The van der Waals surface area contributed by atoms with Crippen molar-refractivity contribution < 1.29 is 4.39 Å². The zero-order valence-electron chi connectivity index (χ0n) is 10.6. The van der Waals surface area contributed by atoms with Crippen molar-refractivity contribution in [3.05, 3.63) is 29.6 Å². The Morgan fingerprint density at radius 3 is 3.11 bits per heavy atom. The highest BCUT2D eigenvalue weighted by molar-refractivity contribution is 5.59. The third-order valence-corrected chi connectivity index (χ3v) is 3.43. The lowest BCUT2D eigenvalue weighted by atomic mass is 9.97. The van der Waals surface area contributed by atoms with Crippen LogP contribution in [0.15, 0.2) is 18.2 Å². The molecule has 1 heterocycles. The molecule has 18 heavy (non-hydrogen) atoms. The Kier molecular flexibility index (Phi) is 4.16. The number of rotatable bonds is 3. The lowest BCUT2D eigenvalue weighted by Gasteiger charge is -2.34. The van der Waals surface area contributed by atoms with Gasteiger partial charge in [0.2, 0.25) is 0 Å². The number of nitriles is 1. The van der Waals surface area contributed by atoms with Gasteiger partial charge in [0.25, 0.3) is 0 Å². The van der Waals surface area contributed by atoms with E-state index in [9.17, 15) is 4.39 Å². The zero-order valence-corrected chi connectivity index (χ0v) is 10.6. The number of hydrogen-bond donors (Lipinski definition) is 1. The second-order valence-electron chi connectivity index (χ2n) is 4.79. The highest BCUT2D eigenvalue weighted by Gasteiger charge is 2.21. The van der Waals surface area contributed by atoms with Gasteiger partial charge in [0, 0.05) is 13.1 Å². The number of halogens is 1. The maximum atomic E-state index is 13.1. The van der Waals surface area contributed by atoms with Crippen LogP contribution in [0.1, 0.15) is 18.4 Å². The summed E-state index contributed by atoms with van der Waals surface area (Å²) in [5.74, 6) is 0.249. The molecule has 1 aromatic carbocycles. The van der Waals surface area contributed by atoms with E-state index in [1.807, 2.05) is 7.05 Å². The van der Waals surface area contributed by atoms with Crippen molar-refractivity contribution in [2.24, 2.45) is 5.92 Å². The van der Waals surface area contributed by atoms with Crippen molar-refractivity contribution in [1.82, 2.24) is 5.32 Å². The molecule has 1 fully saturated rings. The summed E-state index contributed by atoms with van der Waals surface area (Å²) in [7, 11) is 1.96. The van der Waals surface area contributed by atoms with Crippen molar-refractivity contribution in [1.29, 1.82) is 5.26 Å². The van der Waals surface area contributed by atoms with Crippen LogP contribution in [0, 0.1) is 23.1 Å². The van der Waals surface area contributed by atoms with Crippen molar-refractivity contribution in [3.63, 3.8) is 0 Å². The minimum atomic E-state index is -0.348. The maximum Gasteiger partial charge on any atom is 0.124 e. The van der Waals surface area contributed by atoms with Gasteiger partial charge in [0.05, 0.1) is 11.3 Å². The lowest BCUT2D eigenvalue weighted by Crippen LogP contribution is -2.39. The molecule has 1 saturated heterocycles. The number of benzene rings is 1. The number of piperidine rings is 1. The van der Waals surface area contributed by atoms with E-state index in [1.165, 1.54) is 18.6 Å². The predicted molar refractivity (Wildman–Crippen MR) is 70.0 cm³/mol. The van der Waals surface area contributed by atoms with Crippen LogP contribution in [-0.2, 0) is 0 Å². The fourth-order valence-electron chi connectivity index (χ4n) is 2.61. The Hall–Kier alpha value is -1.60. The molecule has 0 saturated carbocycles. The Morgan fingerprint density at radius 1 is 1.56 bits per heavy atom. The van der Waals surface area contributed by atoms with Gasteiger partial charge in [-0.05, 0) is 50.6 Å². The quantitative estimate of drug-likeness (QED) is 0.889. The molecular formula is C14H18FN3. The Bertz CT molecular complexity index is 451. The molecule has 0 amide bonds. The molecule has 1 N–H and O–H groups in total. The van der Waals surface area contributed by atoms with Gasteiger partial charge in [0.15, 0.2) is 0 Å². The predicted octanol–water partition coefficient (Wildman–Crippen LogP) is 2.13. The zero-order chi connectivity index (χ0) is 13.0. The SMILES string of the molecule is CNCC1CCCN(c2ccc(F)cc2C#N)C1. The van der Waals surface area contributed by atoms with E-state index < -0.39 is 0 Å². The first-order chi connectivity index (χ1) is 8.74. The topological polar surface area (TPSA) is 39.1 Å². The Morgan fingerprint density at radius 2 is 2.39 bits per heavy atom. The van der Waals surface area contributed by atoms with Crippen LogP contribution in [0.5, 0.6) is 0 Å². The molecule has 1 aromatic rings. The molecule has 1 unspecified atom stereocenters. The number of hydrogen-bond acceptors (Lipinski definition) is 3. The fraction of sp³-hybridized carbons (Fsp3) is 0.500. The molecule has 0 aliphatic carbocycles. The molecule has 0 aromatic heterocycles. The van der Waals surface area contributed by atoms with Gasteiger partial charge in [-0.15, -0.1) is 0 Å². The van der Waals surface area contributed by atoms with E-state index in [2.05, 4.69) is 16.3 Å². The molecule has 1 aliphatic rings. The van der Waals surface area contributed by atoms with Gasteiger partial charge >= 0.3 is 0 Å². The molecule has 0 spiro atoms. The van der Waals surface area contributed by atoms with Crippen molar-refractivity contribution in [2.75, 3.05) is 31.6 Å². The molecule has 0 radical (unpaired) electrons. The summed E-state index contributed by atoms with van der Waals surface area (Å²) in [5.41, 5.74) is 1.29. The fourth-order valence-corrected chi connectivity index (χ4v) is 2.61. The monoisotopic (exact) mass is 247 g/mol. The smallest absolute Gasteiger partial charge is 0.124 e. The largest absolute Gasteiger partial charge is 0.370 e. The summed E-state index contributed by atoms with van der Waals surface area (Å²) in [6.07, 6.45) is 2.33. The second-order valence-corrected chi connectivity index (χ2v) is 4.79. The summed E-state index contributed by atoms with van der Waals surface area (Å²) in [5, 5.41) is 12.3. The summed E-state index contributed by atoms with van der Waals surface area (Å²) in [4.78, 5) is 2.20. The molecule has 96 valence electrons. The molecule has 4 heteroatoms. The number of anilines is 1. The number of nitrogens with one attached hydrogen (secondary N) is 1. The molecular weight excluding hydrogens is 229 g/mol. The first-order valence-corrected chi connectivity index (χ1v) is 6.33. The van der Waals surface area contributed by atoms with Crippen molar-refractivity contribution in [2.45, 2.75) is 12.8 Å². The second kappa shape index (κ2) is 5.83. The first-order valence-electron chi connectivity index (χ1n) is 6.33. The van der Waals surface area contributed by atoms with E-state index in [4.69, 9.17) is 5.26 Å². The van der Waals surface area contributed by atoms with Crippen LogP contribution in [-0.4, -0.2) is 26.7 Å². The standard InChI is InChI=1S/C14H18FN3/c1-17-9-11-3-2-6-18(10-11)14-5-4-13(15)7-12(14)8-16/h4-5,7,11,17H,2-3,6,9-10H2,1H3. The summed E-state index contributed by atoms with van der Waals surface area (Å²) < 4.78 is 13.1. The van der Waals surface area contributed by atoms with Gasteiger partial charge < -0.3 is 10.2 Å². The van der Waals surface area contributed by atoms with Crippen LogP contribution >= 0.6 is 0 Å². The normalized spacial score (nSPS) is 19.6. The first kappa shape index (κ1) is 12.8. The van der Waals surface area contributed by atoms with Crippen LogP contribution in [0.2, 0.25) is 0 Å². The molecule has 0 bridgehead atoms. The van der Waals surface area contributed by atoms with E-state index in [1.54, 1.807) is 6.07 Å². The average molecular weight is 247 g/mol. The van der Waals surface area contributed by atoms with E-state index in [0.29, 0.717) is 11.5 Å². The molecule has 1 aliphatic heterocycles. The number of nitrogens with zero attached hydrogens (tertiary/aromatic N) is 2. The summed E-state index contributed by atoms with van der Waals surface area (Å²) in [6, 6.07) is 6.55. The minimum Gasteiger partial charge on any atom is -0.370 e. The summed E-state index contributed by atoms with van der Waals surface area (Å²) in [6.45, 7) is 2.86. The van der Waals surface area contributed by atoms with Crippen LogP contribution < -0.4 is 10.2 Å². The molecule has 1 atom stereocenters. The van der Waals surface area contributed by atoms with Crippen LogP contribution in [0.3, 0.4) is 0 Å². The van der Waals surface area contributed by atoms with Gasteiger partial charge in [-0.3, -0.25) is 0 Å². The van der Waals surface area contributed by atoms with Crippen LogP contribution in [0.25, 0.3) is 0 Å². The Labute approximate surface area is 107 Å². The lowest BCUT2D eigenvalue weighted by molar-refractivity contribution is 0.402. The summed E-state index contributed by atoms with van der Waals surface area (Å²) >= 11 is 0. The maximum absolute atomic E-state index is 13.1. The van der Waals surface area contributed by atoms with Gasteiger partial charge in [0.1, 0.15) is 11.9 Å². The van der Waals surface area contributed by atoms with Gasteiger partial charge in [-0.2, -0.15) is 5.26 Å². The third kappa shape index (κ3) is 2.80. The van der Waals surface area contributed by atoms with E-state index in [-0.39, 0.29) is 5.82 Å². The highest BCUT2D eigenvalue weighted by atomic mass is 19.1. The Balaban J connectivity index is 2.18. The average Bonchev–Trinajstić information content (AvgIpc) is 2.39. The molecule has 3 nitrogen and oxygen atoms in total. The van der Waals surface area contributed by atoms with E-state index in [0.717, 1.165) is 31.7 Å². The van der Waals surface area contributed by atoms with E-state index >= 15 is 0 Å². The van der Waals surface area contributed by atoms with Gasteiger partial charge in [-0.1, -0.05) is 0 Å². The third-order valence-electron chi connectivity index (χ3n) is 3.43. The van der Waals surface area contributed by atoms with Crippen LogP contribution in [0.4, 0.5) is 10.1 Å². The molecule has 2 rings (SSSR count). The van der Waals surface area contributed by atoms with Crippen molar-refractivity contribution >= 4 is 5.69 Å². The highest BCUT2D eigenvalue weighted by Crippen LogP contribution is 2.26. The minimum absolute atomic E-state index is 0.348. The van der Waals surface area contributed by atoms with Gasteiger partial charge in [-0.25, -0.2) is 4.39 Å².